The summed E-state index contributed by atoms with van der Waals surface area (Å²) >= 11 is 0. The minimum absolute atomic E-state index is 0. The van der Waals surface area contributed by atoms with Crippen LogP contribution >= 0.6 is 12.4 Å². The van der Waals surface area contributed by atoms with Gasteiger partial charge in [-0.25, -0.2) is 5.06 Å². The first kappa shape index (κ1) is 15.9. The maximum Gasteiger partial charge on any atom is 0.137 e. The zero-order chi connectivity index (χ0) is 14.3. The molecule has 3 rings (SSSR count). The zero-order valence-corrected chi connectivity index (χ0v) is 13.9. The Morgan fingerprint density at radius 3 is 2.76 bits per heavy atom. The number of allylic oxidation sites excluding steroid dienone is 2. The molecule has 0 spiro atoms. The number of fused-ring (bicyclic) bond motifs is 2. The van der Waals surface area contributed by atoms with Gasteiger partial charge in [0.05, 0.1) is 25.2 Å². The van der Waals surface area contributed by atoms with E-state index < -0.39 is 0 Å². The van der Waals surface area contributed by atoms with E-state index in [1.165, 1.54) is 17.0 Å². The monoisotopic (exact) mass is 310 g/mol. The van der Waals surface area contributed by atoms with Crippen molar-refractivity contribution in [1.82, 2.24) is 14.9 Å². The van der Waals surface area contributed by atoms with E-state index in [1.807, 2.05) is 17.5 Å². The summed E-state index contributed by atoms with van der Waals surface area (Å²) in [7, 11) is 1.70. The van der Waals surface area contributed by atoms with Gasteiger partial charge < -0.3 is 9.80 Å². The van der Waals surface area contributed by atoms with Crippen molar-refractivity contribution in [1.29, 1.82) is 0 Å². The van der Waals surface area contributed by atoms with Crippen LogP contribution in [0.3, 0.4) is 0 Å². The number of nitrogens with zero attached hydrogens (tertiary/aromatic N) is 4. The Kier molecular flexibility index (Phi) is 4.64. The van der Waals surface area contributed by atoms with E-state index in [9.17, 15) is 0 Å². The molecular formula is C15H23ClN4O. The van der Waals surface area contributed by atoms with Gasteiger partial charge in [0.15, 0.2) is 0 Å². The quantitative estimate of drug-likeness (QED) is 0.802. The minimum atomic E-state index is 0. The van der Waals surface area contributed by atoms with Crippen LogP contribution in [0.5, 0.6) is 0 Å². The fraction of sp³-hybridized carbons (Fsp3) is 0.533. The van der Waals surface area contributed by atoms with Crippen molar-refractivity contribution in [2.24, 2.45) is 4.99 Å². The normalized spacial score (nSPS) is 20.6. The Labute approximate surface area is 132 Å². The number of halogens is 1. The summed E-state index contributed by atoms with van der Waals surface area (Å²) < 4.78 is 0. The van der Waals surface area contributed by atoms with E-state index in [4.69, 9.17) is 4.84 Å². The van der Waals surface area contributed by atoms with Gasteiger partial charge in [-0.05, 0) is 31.4 Å². The molecule has 0 unspecified atom stereocenters. The van der Waals surface area contributed by atoms with Crippen molar-refractivity contribution in [3.8, 4) is 0 Å². The van der Waals surface area contributed by atoms with Crippen LogP contribution < -0.4 is 0 Å². The average Bonchev–Trinajstić information content (AvgIpc) is 2.87. The van der Waals surface area contributed by atoms with Crippen LogP contribution in [0.2, 0.25) is 0 Å². The van der Waals surface area contributed by atoms with Gasteiger partial charge in [-0.2, -0.15) is 0 Å². The highest BCUT2D eigenvalue weighted by molar-refractivity contribution is 5.85. The topological polar surface area (TPSA) is 31.3 Å². The summed E-state index contributed by atoms with van der Waals surface area (Å²) in [4.78, 5) is 14.7. The zero-order valence-electron chi connectivity index (χ0n) is 13.1. The first-order valence-corrected chi connectivity index (χ1v) is 7.15. The standard InChI is InChI=1S/C15H22N4O.ClH/c1-5-6-17-8-11(2)12(3)14-15(17)19-10-18(20-4)9-13(19)7-16-14;/h7,9H,5-6,8,10H2,1-4H3;1H. The Bertz CT molecular complexity index is 550. The van der Waals surface area contributed by atoms with Gasteiger partial charge in [0, 0.05) is 13.1 Å². The van der Waals surface area contributed by atoms with E-state index in [0.717, 1.165) is 37.6 Å². The third-order valence-corrected chi connectivity index (χ3v) is 4.11. The summed E-state index contributed by atoms with van der Waals surface area (Å²) in [5.41, 5.74) is 4.92. The lowest BCUT2D eigenvalue weighted by Gasteiger charge is -2.40. The molecule has 0 aliphatic carbocycles. The molecule has 0 aromatic heterocycles. The SMILES string of the molecule is CCCN1CC(C)=C(C)C2=C1N1CN(OC)C=C1C=N2.Cl. The molecule has 0 amide bonds. The summed E-state index contributed by atoms with van der Waals surface area (Å²) in [6.07, 6.45) is 5.07. The first-order valence-electron chi connectivity index (χ1n) is 7.15. The second-order valence-electron chi connectivity index (χ2n) is 5.48. The summed E-state index contributed by atoms with van der Waals surface area (Å²) in [5.74, 6) is 1.23. The molecule has 0 N–H and O–H groups in total. The predicted octanol–water partition coefficient (Wildman–Crippen LogP) is 2.70. The second-order valence-corrected chi connectivity index (χ2v) is 5.48. The lowest BCUT2D eigenvalue weighted by atomic mass is 10.0. The molecular weight excluding hydrogens is 288 g/mol. The molecule has 0 aromatic rings. The second kappa shape index (κ2) is 6.12. The summed E-state index contributed by atoms with van der Waals surface area (Å²) in [6, 6.07) is 0. The van der Waals surface area contributed by atoms with Crippen LogP contribution in [-0.2, 0) is 4.84 Å². The van der Waals surface area contributed by atoms with Crippen LogP contribution in [0.15, 0.2) is 39.6 Å². The van der Waals surface area contributed by atoms with Crippen molar-refractivity contribution in [2.75, 3.05) is 26.9 Å². The maximum atomic E-state index is 5.33. The highest BCUT2D eigenvalue weighted by Gasteiger charge is 2.34. The number of hydrogen-bond donors (Lipinski definition) is 0. The number of hydrogen-bond acceptors (Lipinski definition) is 5. The molecule has 0 radical (unpaired) electrons. The Balaban J connectivity index is 0.00000161. The molecule has 0 saturated carbocycles. The number of rotatable bonds is 3. The first-order chi connectivity index (χ1) is 9.65. The van der Waals surface area contributed by atoms with E-state index in [2.05, 4.69) is 35.6 Å². The summed E-state index contributed by atoms with van der Waals surface area (Å²) in [5, 5.41) is 1.84. The van der Waals surface area contributed by atoms with Crippen LogP contribution in [0.1, 0.15) is 27.2 Å². The van der Waals surface area contributed by atoms with Crippen LogP contribution in [0, 0.1) is 0 Å². The molecule has 0 atom stereocenters. The van der Waals surface area contributed by atoms with Crippen LogP contribution in [0.25, 0.3) is 0 Å². The molecule has 3 heterocycles. The van der Waals surface area contributed by atoms with E-state index >= 15 is 0 Å². The van der Waals surface area contributed by atoms with Gasteiger partial charge in [-0.15, -0.1) is 12.4 Å². The van der Waals surface area contributed by atoms with Gasteiger partial charge in [0.1, 0.15) is 18.2 Å². The molecule has 21 heavy (non-hydrogen) atoms. The molecule has 0 saturated heterocycles. The predicted molar refractivity (Wildman–Crippen MR) is 86.6 cm³/mol. The van der Waals surface area contributed by atoms with Gasteiger partial charge in [0.2, 0.25) is 0 Å². The lowest BCUT2D eigenvalue weighted by molar-refractivity contribution is -0.0971. The molecule has 0 fully saturated rings. The van der Waals surface area contributed by atoms with Gasteiger partial charge in [-0.3, -0.25) is 9.83 Å². The van der Waals surface area contributed by atoms with E-state index in [0.29, 0.717) is 0 Å². The van der Waals surface area contributed by atoms with Crippen molar-refractivity contribution < 1.29 is 4.84 Å². The smallest absolute Gasteiger partial charge is 0.137 e. The largest absolute Gasteiger partial charge is 0.352 e. The van der Waals surface area contributed by atoms with E-state index in [-0.39, 0.29) is 12.4 Å². The van der Waals surface area contributed by atoms with Crippen molar-refractivity contribution in [2.45, 2.75) is 27.2 Å². The van der Waals surface area contributed by atoms with Gasteiger partial charge in [-0.1, -0.05) is 6.92 Å². The minimum Gasteiger partial charge on any atom is -0.352 e. The molecule has 3 aliphatic rings. The lowest BCUT2D eigenvalue weighted by Crippen LogP contribution is -2.42. The molecule has 0 bridgehead atoms. The van der Waals surface area contributed by atoms with Gasteiger partial charge >= 0.3 is 0 Å². The average molecular weight is 311 g/mol. The molecule has 0 aromatic carbocycles. The Morgan fingerprint density at radius 1 is 1.33 bits per heavy atom. The third-order valence-electron chi connectivity index (χ3n) is 4.11. The number of hydroxylamine groups is 2. The fourth-order valence-corrected chi connectivity index (χ4v) is 2.92. The van der Waals surface area contributed by atoms with Crippen LogP contribution in [0.4, 0.5) is 0 Å². The highest BCUT2D eigenvalue weighted by atomic mass is 35.5. The number of aliphatic imine (C=N–C) groups is 1. The summed E-state index contributed by atoms with van der Waals surface area (Å²) in [6.45, 7) is 9.36. The highest BCUT2D eigenvalue weighted by Crippen LogP contribution is 2.36. The van der Waals surface area contributed by atoms with Crippen molar-refractivity contribution in [3.05, 3.63) is 34.6 Å². The molecule has 116 valence electrons. The Morgan fingerprint density at radius 2 is 2.10 bits per heavy atom. The molecule has 3 aliphatic heterocycles. The molecule has 5 nitrogen and oxygen atoms in total. The maximum absolute atomic E-state index is 5.33. The molecule has 6 heteroatoms. The van der Waals surface area contributed by atoms with Gasteiger partial charge in [0.25, 0.3) is 0 Å². The van der Waals surface area contributed by atoms with Crippen molar-refractivity contribution >= 4 is 18.6 Å². The van der Waals surface area contributed by atoms with Crippen LogP contribution in [-0.4, -0.2) is 47.9 Å². The van der Waals surface area contributed by atoms with Crippen molar-refractivity contribution in [3.63, 3.8) is 0 Å². The van der Waals surface area contributed by atoms with E-state index in [1.54, 1.807) is 7.11 Å². The fourth-order valence-electron chi connectivity index (χ4n) is 2.92. The third kappa shape index (κ3) is 2.56. The Hall–Kier alpha value is -1.46.